The molecule has 1 aromatic heterocycles. The molecule has 0 radical (unpaired) electrons. The quantitative estimate of drug-likeness (QED) is 0.809. The van der Waals surface area contributed by atoms with Gasteiger partial charge in [-0.05, 0) is 31.2 Å². The van der Waals surface area contributed by atoms with E-state index < -0.39 is 0 Å². The molecule has 1 aliphatic heterocycles. The van der Waals surface area contributed by atoms with Crippen LogP contribution >= 0.6 is 22.9 Å². The molecule has 0 saturated heterocycles. The number of benzene rings is 1. The molecule has 90 valence electrons. The normalized spacial score (nSPS) is 15.9. The molecular weight excluding hydrogens is 268 g/mol. The van der Waals surface area contributed by atoms with Crippen LogP contribution in [0.4, 0.5) is 5.69 Å². The van der Waals surface area contributed by atoms with Crippen LogP contribution in [0.1, 0.15) is 16.3 Å². The second-order valence-corrected chi connectivity index (χ2v) is 5.49. The van der Waals surface area contributed by atoms with Crippen molar-refractivity contribution in [1.82, 2.24) is 4.98 Å². The molecule has 0 fully saturated rings. The third-order valence-corrected chi connectivity index (χ3v) is 3.72. The lowest BCUT2D eigenvalue weighted by molar-refractivity contribution is -0.110. The van der Waals surface area contributed by atoms with Crippen molar-refractivity contribution in [2.75, 3.05) is 5.32 Å². The highest BCUT2D eigenvalue weighted by Crippen LogP contribution is 2.34. The number of hydrogen-bond donors (Lipinski definition) is 1. The number of fused-ring (bicyclic) bond motifs is 1. The van der Waals surface area contributed by atoms with Gasteiger partial charge >= 0.3 is 0 Å². The number of amides is 1. The SMILES string of the molecule is Cc1nc(C=C2C(=O)Nc3ccc(Cl)cc32)cs1. The zero-order valence-corrected chi connectivity index (χ0v) is 11.1. The van der Waals surface area contributed by atoms with Gasteiger partial charge in [-0.1, -0.05) is 11.6 Å². The van der Waals surface area contributed by atoms with E-state index in [2.05, 4.69) is 10.3 Å². The number of hydrogen-bond acceptors (Lipinski definition) is 3. The van der Waals surface area contributed by atoms with Gasteiger partial charge in [-0.25, -0.2) is 4.98 Å². The molecule has 1 aromatic carbocycles. The minimum Gasteiger partial charge on any atom is -0.321 e. The second-order valence-electron chi connectivity index (χ2n) is 3.99. The average Bonchev–Trinajstić information content (AvgIpc) is 2.86. The van der Waals surface area contributed by atoms with Gasteiger partial charge in [-0.3, -0.25) is 4.79 Å². The largest absolute Gasteiger partial charge is 0.321 e. The molecule has 3 rings (SSSR count). The lowest BCUT2D eigenvalue weighted by Crippen LogP contribution is -2.03. The van der Waals surface area contributed by atoms with E-state index in [9.17, 15) is 4.79 Å². The Morgan fingerprint density at radius 3 is 3.00 bits per heavy atom. The Kier molecular flexibility index (Phi) is 2.69. The molecule has 2 aromatic rings. The predicted molar refractivity (Wildman–Crippen MR) is 74.8 cm³/mol. The maximum Gasteiger partial charge on any atom is 0.256 e. The molecule has 0 unspecified atom stereocenters. The topological polar surface area (TPSA) is 42.0 Å². The lowest BCUT2D eigenvalue weighted by Gasteiger charge is -1.98. The summed E-state index contributed by atoms with van der Waals surface area (Å²) in [7, 11) is 0. The fourth-order valence-electron chi connectivity index (χ4n) is 1.90. The van der Waals surface area contributed by atoms with Crippen LogP contribution in [0, 0.1) is 6.92 Å². The van der Waals surface area contributed by atoms with Crippen molar-refractivity contribution in [3.05, 3.63) is 44.9 Å². The molecule has 0 bridgehead atoms. The summed E-state index contributed by atoms with van der Waals surface area (Å²) >= 11 is 7.52. The molecule has 1 N–H and O–H groups in total. The number of aryl methyl sites for hydroxylation is 1. The van der Waals surface area contributed by atoms with Gasteiger partial charge in [0.2, 0.25) is 0 Å². The van der Waals surface area contributed by atoms with Gasteiger partial charge in [-0.15, -0.1) is 11.3 Å². The maximum atomic E-state index is 11.9. The third kappa shape index (κ3) is 1.94. The molecule has 3 nitrogen and oxygen atoms in total. The Morgan fingerprint density at radius 2 is 2.28 bits per heavy atom. The molecule has 5 heteroatoms. The van der Waals surface area contributed by atoms with Gasteiger partial charge < -0.3 is 5.32 Å². The van der Waals surface area contributed by atoms with Crippen molar-refractivity contribution in [1.29, 1.82) is 0 Å². The van der Waals surface area contributed by atoms with Crippen molar-refractivity contribution < 1.29 is 4.79 Å². The van der Waals surface area contributed by atoms with Gasteiger partial charge in [0.25, 0.3) is 5.91 Å². The summed E-state index contributed by atoms with van der Waals surface area (Å²) < 4.78 is 0. The van der Waals surface area contributed by atoms with E-state index in [-0.39, 0.29) is 5.91 Å². The Hall–Kier alpha value is -1.65. The minimum absolute atomic E-state index is 0.113. The van der Waals surface area contributed by atoms with Crippen LogP contribution in [-0.4, -0.2) is 10.9 Å². The summed E-state index contributed by atoms with van der Waals surface area (Å²) in [6, 6.07) is 5.36. The van der Waals surface area contributed by atoms with Gasteiger partial charge in [0.05, 0.1) is 16.3 Å². The number of nitrogens with zero attached hydrogens (tertiary/aromatic N) is 1. The summed E-state index contributed by atoms with van der Waals surface area (Å²) in [4.78, 5) is 16.2. The summed E-state index contributed by atoms with van der Waals surface area (Å²) in [6.45, 7) is 1.94. The van der Waals surface area contributed by atoms with Crippen LogP contribution in [0.5, 0.6) is 0 Å². The van der Waals surface area contributed by atoms with Gasteiger partial charge in [0, 0.05) is 21.7 Å². The summed E-state index contributed by atoms with van der Waals surface area (Å²) in [6.07, 6.45) is 1.79. The number of rotatable bonds is 1. The van der Waals surface area contributed by atoms with Crippen LogP contribution in [0.15, 0.2) is 23.6 Å². The van der Waals surface area contributed by atoms with Gasteiger partial charge in [0.15, 0.2) is 0 Å². The van der Waals surface area contributed by atoms with Crippen LogP contribution in [0.3, 0.4) is 0 Å². The Morgan fingerprint density at radius 1 is 1.44 bits per heavy atom. The minimum atomic E-state index is -0.113. The maximum absolute atomic E-state index is 11.9. The molecule has 0 saturated carbocycles. The van der Waals surface area contributed by atoms with E-state index in [1.807, 2.05) is 18.4 Å². The third-order valence-electron chi connectivity index (χ3n) is 2.69. The number of anilines is 1. The molecule has 0 spiro atoms. The number of carbonyl (C=O) groups excluding carboxylic acids is 1. The Labute approximate surface area is 113 Å². The van der Waals surface area contributed by atoms with Gasteiger partial charge in [0.1, 0.15) is 0 Å². The zero-order chi connectivity index (χ0) is 12.7. The predicted octanol–water partition coefficient (Wildman–Crippen LogP) is 3.60. The first kappa shape index (κ1) is 11.4. The fourth-order valence-corrected chi connectivity index (χ4v) is 2.64. The van der Waals surface area contributed by atoms with Crippen LogP contribution < -0.4 is 5.32 Å². The number of halogens is 1. The Balaban J connectivity index is 2.11. The first-order valence-electron chi connectivity index (χ1n) is 5.38. The molecule has 0 aliphatic carbocycles. The van der Waals surface area contributed by atoms with Crippen LogP contribution in [0.2, 0.25) is 5.02 Å². The molecule has 0 atom stereocenters. The molecule has 2 heterocycles. The number of aromatic nitrogens is 1. The Bertz CT molecular complexity index is 675. The molecule has 1 amide bonds. The van der Waals surface area contributed by atoms with E-state index in [0.717, 1.165) is 22.0 Å². The van der Waals surface area contributed by atoms with Crippen molar-refractivity contribution in [3.63, 3.8) is 0 Å². The highest BCUT2D eigenvalue weighted by Gasteiger charge is 2.24. The van der Waals surface area contributed by atoms with Crippen molar-refractivity contribution in [3.8, 4) is 0 Å². The zero-order valence-electron chi connectivity index (χ0n) is 9.53. The van der Waals surface area contributed by atoms with E-state index in [1.54, 1.807) is 29.5 Å². The van der Waals surface area contributed by atoms with Crippen molar-refractivity contribution in [2.24, 2.45) is 0 Å². The average molecular weight is 277 g/mol. The number of nitrogens with one attached hydrogen (secondary N) is 1. The summed E-state index contributed by atoms with van der Waals surface area (Å²) in [5, 5.41) is 6.33. The van der Waals surface area contributed by atoms with Crippen LogP contribution in [-0.2, 0) is 4.79 Å². The fraction of sp³-hybridized carbons (Fsp3) is 0.0769. The van der Waals surface area contributed by atoms with E-state index in [1.165, 1.54) is 0 Å². The van der Waals surface area contributed by atoms with Crippen LogP contribution in [0.25, 0.3) is 11.6 Å². The molecule has 18 heavy (non-hydrogen) atoms. The summed E-state index contributed by atoms with van der Waals surface area (Å²) in [5.41, 5.74) is 3.04. The van der Waals surface area contributed by atoms with Gasteiger partial charge in [-0.2, -0.15) is 0 Å². The second kappa shape index (κ2) is 4.23. The standard InChI is InChI=1S/C13H9ClN2OS/c1-7-15-9(6-18-7)5-11-10-4-8(14)2-3-12(10)16-13(11)17/h2-6H,1H3,(H,16,17). The first-order chi connectivity index (χ1) is 8.63. The smallest absolute Gasteiger partial charge is 0.256 e. The number of thiazole rings is 1. The first-order valence-corrected chi connectivity index (χ1v) is 6.64. The monoisotopic (exact) mass is 276 g/mol. The molecule has 1 aliphatic rings. The van der Waals surface area contributed by atoms with E-state index in [0.29, 0.717) is 10.6 Å². The summed E-state index contributed by atoms with van der Waals surface area (Å²) in [5.74, 6) is -0.113. The highest BCUT2D eigenvalue weighted by atomic mass is 35.5. The van der Waals surface area contributed by atoms with Crippen molar-refractivity contribution >= 4 is 46.2 Å². The number of carbonyl (C=O) groups is 1. The molecular formula is C13H9ClN2OS. The van der Waals surface area contributed by atoms with E-state index in [4.69, 9.17) is 11.6 Å². The van der Waals surface area contributed by atoms with E-state index >= 15 is 0 Å². The lowest BCUT2D eigenvalue weighted by atomic mass is 10.1. The highest BCUT2D eigenvalue weighted by molar-refractivity contribution is 7.09. The van der Waals surface area contributed by atoms with Crippen molar-refractivity contribution in [2.45, 2.75) is 6.92 Å².